The first-order chi connectivity index (χ1) is 7.35. The van der Waals surface area contributed by atoms with Crippen molar-refractivity contribution in [3.63, 3.8) is 0 Å². The van der Waals surface area contributed by atoms with Crippen molar-refractivity contribution in [3.8, 4) is 11.8 Å². The summed E-state index contributed by atoms with van der Waals surface area (Å²) in [6, 6.07) is 6.72. The first-order valence-electron chi connectivity index (χ1n) is 4.89. The van der Waals surface area contributed by atoms with Crippen LogP contribution in [0.2, 0.25) is 0 Å². The van der Waals surface area contributed by atoms with E-state index in [1.165, 1.54) is 6.07 Å². The number of amides is 1. The standard InChI is InChI=1S/C12H14N2O2/c1-8-4-5-10(15)9(6-8)11(16)14-12(2,3)7-13/h4-6,15H,1-3H3,(H,14,16). The first-order valence-corrected chi connectivity index (χ1v) is 4.89. The Kier molecular flexibility index (Phi) is 3.19. The maximum absolute atomic E-state index is 11.8. The Morgan fingerprint density at radius 2 is 2.12 bits per heavy atom. The minimum Gasteiger partial charge on any atom is -0.507 e. The van der Waals surface area contributed by atoms with E-state index in [0.29, 0.717) is 0 Å². The van der Waals surface area contributed by atoms with Crippen molar-refractivity contribution in [1.29, 1.82) is 5.26 Å². The molecule has 0 aliphatic heterocycles. The van der Waals surface area contributed by atoms with Gasteiger partial charge in [0, 0.05) is 0 Å². The molecule has 1 aromatic rings. The van der Waals surface area contributed by atoms with E-state index in [0.717, 1.165) is 5.56 Å². The van der Waals surface area contributed by atoms with Crippen LogP contribution in [-0.4, -0.2) is 16.6 Å². The number of nitrogens with zero attached hydrogens (tertiary/aromatic N) is 1. The smallest absolute Gasteiger partial charge is 0.256 e. The lowest BCUT2D eigenvalue weighted by Gasteiger charge is -2.17. The lowest BCUT2D eigenvalue weighted by molar-refractivity contribution is 0.0926. The van der Waals surface area contributed by atoms with Gasteiger partial charge in [-0.2, -0.15) is 5.26 Å². The zero-order valence-electron chi connectivity index (χ0n) is 9.53. The van der Waals surface area contributed by atoms with Gasteiger partial charge in [0.15, 0.2) is 0 Å². The van der Waals surface area contributed by atoms with Crippen LogP contribution in [0.1, 0.15) is 29.8 Å². The highest BCUT2D eigenvalue weighted by atomic mass is 16.3. The molecule has 4 heteroatoms. The Bertz CT molecular complexity index is 459. The van der Waals surface area contributed by atoms with E-state index in [1.807, 2.05) is 13.0 Å². The third kappa shape index (κ3) is 2.74. The van der Waals surface area contributed by atoms with E-state index in [-0.39, 0.29) is 11.3 Å². The Hall–Kier alpha value is -2.02. The van der Waals surface area contributed by atoms with Crippen molar-refractivity contribution in [3.05, 3.63) is 29.3 Å². The molecule has 0 fully saturated rings. The van der Waals surface area contributed by atoms with Gasteiger partial charge < -0.3 is 10.4 Å². The van der Waals surface area contributed by atoms with Crippen molar-refractivity contribution >= 4 is 5.91 Å². The third-order valence-corrected chi connectivity index (χ3v) is 2.10. The van der Waals surface area contributed by atoms with Crippen molar-refractivity contribution in [2.24, 2.45) is 0 Å². The molecule has 0 saturated heterocycles. The van der Waals surface area contributed by atoms with E-state index in [2.05, 4.69) is 5.32 Å². The fourth-order valence-corrected chi connectivity index (χ4v) is 1.21. The van der Waals surface area contributed by atoms with Gasteiger partial charge in [0.25, 0.3) is 5.91 Å². The van der Waals surface area contributed by atoms with Crippen LogP contribution in [0.4, 0.5) is 0 Å². The molecule has 1 rings (SSSR count). The van der Waals surface area contributed by atoms with Crippen LogP contribution in [0.5, 0.6) is 5.75 Å². The number of nitriles is 1. The largest absolute Gasteiger partial charge is 0.507 e. The van der Waals surface area contributed by atoms with Crippen LogP contribution in [0.15, 0.2) is 18.2 Å². The third-order valence-electron chi connectivity index (χ3n) is 2.10. The van der Waals surface area contributed by atoms with Gasteiger partial charge in [0.05, 0.1) is 11.6 Å². The molecule has 0 aliphatic carbocycles. The highest BCUT2D eigenvalue weighted by Crippen LogP contribution is 2.18. The molecule has 0 aliphatic rings. The fourth-order valence-electron chi connectivity index (χ4n) is 1.21. The summed E-state index contributed by atoms with van der Waals surface area (Å²) < 4.78 is 0. The van der Waals surface area contributed by atoms with Crippen molar-refractivity contribution in [2.75, 3.05) is 0 Å². The van der Waals surface area contributed by atoms with Gasteiger partial charge in [-0.15, -0.1) is 0 Å². The Labute approximate surface area is 94.5 Å². The molecule has 0 saturated carbocycles. The van der Waals surface area contributed by atoms with E-state index < -0.39 is 11.4 Å². The fraction of sp³-hybridized carbons (Fsp3) is 0.333. The number of carbonyl (C=O) groups is 1. The molecule has 0 aromatic heterocycles. The van der Waals surface area contributed by atoms with Crippen LogP contribution in [0.3, 0.4) is 0 Å². The lowest BCUT2D eigenvalue weighted by Crippen LogP contribution is -2.42. The molecule has 0 unspecified atom stereocenters. The quantitative estimate of drug-likeness (QED) is 0.794. The van der Waals surface area contributed by atoms with Gasteiger partial charge in [-0.1, -0.05) is 11.6 Å². The van der Waals surface area contributed by atoms with Crippen LogP contribution in [0.25, 0.3) is 0 Å². The lowest BCUT2D eigenvalue weighted by atomic mass is 10.1. The molecule has 0 atom stereocenters. The molecular formula is C12H14N2O2. The van der Waals surface area contributed by atoms with Crippen LogP contribution in [0, 0.1) is 18.3 Å². The average Bonchev–Trinajstić information content (AvgIpc) is 2.21. The average molecular weight is 218 g/mol. The normalized spacial score (nSPS) is 10.6. The van der Waals surface area contributed by atoms with E-state index in [1.54, 1.807) is 26.0 Å². The summed E-state index contributed by atoms with van der Waals surface area (Å²) in [6.07, 6.45) is 0. The number of hydrogen-bond acceptors (Lipinski definition) is 3. The van der Waals surface area contributed by atoms with E-state index in [9.17, 15) is 9.90 Å². The second kappa shape index (κ2) is 4.23. The predicted molar refractivity (Wildman–Crippen MR) is 60.0 cm³/mol. The topological polar surface area (TPSA) is 73.1 Å². The van der Waals surface area contributed by atoms with Crippen molar-refractivity contribution in [1.82, 2.24) is 5.32 Å². The molecule has 16 heavy (non-hydrogen) atoms. The minimum absolute atomic E-state index is 0.0863. The Balaban J connectivity index is 2.98. The van der Waals surface area contributed by atoms with Gasteiger partial charge in [0.1, 0.15) is 11.3 Å². The number of nitrogens with one attached hydrogen (secondary N) is 1. The maximum Gasteiger partial charge on any atom is 0.256 e. The Morgan fingerprint density at radius 1 is 1.50 bits per heavy atom. The number of aryl methyl sites for hydroxylation is 1. The van der Waals surface area contributed by atoms with Gasteiger partial charge >= 0.3 is 0 Å². The highest BCUT2D eigenvalue weighted by molar-refractivity contribution is 5.97. The molecule has 2 N–H and O–H groups in total. The monoisotopic (exact) mass is 218 g/mol. The van der Waals surface area contributed by atoms with Gasteiger partial charge in [-0.05, 0) is 32.9 Å². The van der Waals surface area contributed by atoms with Crippen LogP contribution in [-0.2, 0) is 0 Å². The zero-order valence-corrected chi connectivity index (χ0v) is 9.53. The van der Waals surface area contributed by atoms with Crippen LogP contribution < -0.4 is 5.32 Å². The number of phenols is 1. The van der Waals surface area contributed by atoms with Crippen molar-refractivity contribution in [2.45, 2.75) is 26.3 Å². The molecule has 1 aromatic carbocycles. The summed E-state index contributed by atoms with van der Waals surface area (Å²) in [5, 5.41) is 20.8. The molecule has 1 amide bonds. The van der Waals surface area contributed by atoms with Gasteiger partial charge in [-0.3, -0.25) is 4.79 Å². The number of carbonyl (C=O) groups excluding carboxylic acids is 1. The van der Waals surface area contributed by atoms with Crippen LogP contribution >= 0.6 is 0 Å². The summed E-state index contributed by atoms with van der Waals surface area (Å²) >= 11 is 0. The molecule has 84 valence electrons. The number of phenolic OH excluding ortho intramolecular Hbond substituents is 1. The number of aromatic hydroxyl groups is 1. The molecule has 0 spiro atoms. The molecule has 0 bridgehead atoms. The van der Waals surface area contributed by atoms with E-state index in [4.69, 9.17) is 5.26 Å². The van der Waals surface area contributed by atoms with Gasteiger partial charge in [0.2, 0.25) is 0 Å². The summed E-state index contributed by atoms with van der Waals surface area (Å²) in [4.78, 5) is 11.8. The first kappa shape index (κ1) is 12.1. The predicted octanol–water partition coefficient (Wildman–Crippen LogP) is 1.73. The summed E-state index contributed by atoms with van der Waals surface area (Å²) in [7, 11) is 0. The number of rotatable bonds is 2. The maximum atomic E-state index is 11.8. The number of benzene rings is 1. The van der Waals surface area contributed by atoms with E-state index >= 15 is 0 Å². The highest BCUT2D eigenvalue weighted by Gasteiger charge is 2.21. The molecular weight excluding hydrogens is 204 g/mol. The molecule has 4 nitrogen and oxygen atoms in total. The summed E-state index contributed by atoms with van der Waals surface area (Å²) in [5.41, 5.74) is 0.105. The molecule has 0 heterocycles. The SMILES string of the molecule is Cc1ccc(O)c(C(=O)NC(C)(C)C#N)c1. The second-order valence-electron chi connectivity index (χ2n) is 4.21. The number of hydrogen-bond donors (Lipinski definition) is 2. The Morgan fingerprint density at radius 3 is 2.69 bits per heavy atom. The second-order valence-corrected chi connectivity index (χ2v) is 4.21. The molecule has 0 radical (unpaired) electrons. The summed E-state index contributed by atoms with van der Waals surface area (Å²) in [5.74, 6) is -0.537. The summed E-state index contributed by atoms with van der Waals surface area (Å²) in [6.45, 7) is 5.02. The van der Waals surface area contributed by atoms with Gasteiger partial charge in [-0.25, -0.2) is 0 Å². The zero-order chi connectivity index (χ0) is 12.3. The minimum atomic E-state index is -0.951. The van der Waals surface area contributed by atoms with Crippen molar-refractivity contribution < 1.29 is 9.90 Å².